The van der Waals surface area contributed by atoms with Crippen LogP contribution in [-0.4, -0.2) is 16.4 Å². The van der Waals surface area contributed by atoms with Gasteiger partial charge in [0.25, 0.3) is 0 Å². The molecule has 0 atom stereocenters. The molecule has 1 heterocycles. The van der Waals surface area contributed by atoms with Crippen molar-refractivity contribution in [3.05, 3.63) is 42.2 Å². The average Bonchev–Trinajstić information content (AvgIpc) is 2.85. The molecular formula is C13H15F2N3O. The third-order valence-corrected chi connectivity index (χ3v) is 2.60. The maximum Gasteiger partial charge on any atom is 0.387 e. The quantitative estimate of drug-likeness (QED) is 0.874. The third kappa shape index (κ3) is 3.94. The van der Waals surface area contributed by atoms with Gasteiger partial charge in [-0.15, -0.1) is 0 Å². The summed E-state index contributed by atoms with van der Waals surface area (Å²) in [5.41, 5.74) is 1.90. The van der Waals surface area contributed by atoms with Gasteiger partial charge < -0.3 is 10.1 Å². The van der Waals surface area contributed by atoms with Crippen molar-refractivity contribution < 1.29 is 13.5 Å². The molecule has 0 amide bonds. The molecule has 2 rings (SSSR count). The van der Waals surface area contributed by atoms with Gasteiger partial charge in [0.1, 0.15) is 5.75 Å². The molecular weight excluding hydrogens is 252 g/mol. The monoisotopic (exact) mass is 267 g/mol. The van der Waals surface area contributed by atoms with Crippen LogP contribution in [0.4, 0.5) is 14.5 Å². The molecule has 1 aromatic carbocycles. The van der Waals surface area contributed by atoms with E-state index in [1.54, 1.807) is 18.3 Å². The number of aryl methyl sites for hydroxylation is 1. The van der Waals surface area contributed by atoms with Gasteiger partial charge in [-0.1, -0.05) is 12.1 Å². The topological polar surface area (TPSA) is 39.1 Å². The van der Waals surface area contributed by atoms with Crippen LogP contribution in [0.2, 0.25) is 0 Å². The van der Waals surface area contributed by atoms with Crippen molar-refractivity contribution in [2.24, 2.45) is 0 Å². The molecule has 0 fully saturated rings. The highest BCUT2D eigenvalue weighted by molar-refractivity contribution is 5.39. The molecule has 4 nitrogen and oxygen atoms in total. The summed E-state index contributed by atoms with van der Waals surface area (Å²) in [6.45, 7) is 0.647. The molecule has 0 bridgehead atoms. The van der Waals surface area contributed by atoms with E-state index in [-0.39, 0.29) is 5.75 Å². The minimum atomic E-state index is -2.79. The van der Waals surface area contributed by atoms with Gasteiger partial charge in [-0.25, -0.2) is 0 Å². The van der Waals surface area contributed by atoms with Crippen molar-refractivity contribution in [2.75, 3.05) is 5.32 Å². The molecule has 1 aromatic heterocycles. The van der Waals surface area contributed by atoms with Gasteiger partial charge in [-0.2, -0.15) is 13.9 Å². The first-order valence-corrected chi connectivity index (χ1v) is 5.97. The number of nitrogens with one attached hydrogen (secondary N) is 1. The third-order valence-electron chi connectivity index (χ3n) is 2.60. The zero-order valence-corrected chi connectivity index (χ0v) is 10.5. The van der Waals surface area contributed by atoms with Crippen LogP contribution in [0.1, 0.15) is 12.5 Å². The summed E-state index contributed by atoms with van der Waals surface area (Å²) in [6.07, 6.45) is 3.66. The van der Waals surface area contributed by atoms with Crippen molar-refractivity contribution >= 4 is 5.69 Å². The predicted molar refractivity (Wildman–Crippen MR) is 68.3 cm³/mol. The van der Waals surface area contributed by atoms with Crippen LogP contribution in [0.15, 0.2) is 36.7 Å². The van der Waals surface area contributed by atoms with Crippen LogP contribution >= 0.6 is 0 Å². The number of anilines is 1. The second-order valence-corrected chi connectivity index (χ2v) is 3.96. The molecule has 0 radical (unpaired) electrons. The normalized spacial score (nSPS) is 10.7. The van der Waals surface area contributed by atoms with Crippen LogP contribution < -0.4 is 10.1 Å². The highest BCUT2D eigenvalue weighted by Gasteiger charge is 2.03. The summed E-state index contributed by atoms with van der Waals surface area (Å²) < 4.78 is 30.1. The Morgan fingerprint density at radius 2 is 2.05 bits per heavy atom. The Morgan fingerprint density at radius 3 is 2.63 bits per heavy atom. The summed E-state index contributed by atoms with van der Waals surface area (Å²) in [4.78, 5) is 0. The molecule has 6 heteroatoms. The van der Waals surface area contributed by atoms with Gasteiger partial charge in [-0.05, 0) is 24.6 Å². The number of benzene rings is 1. The van der Waals surface area contributed by atoms with E-state index in [0.29, 0.717) is 6.54 Å². The number of halogens is 2. The Balaban J connectivity index is 1.89. The van der Waals surface area contributed by atoms with Crippen LogP contribution in [-0.2, 0) is 13.1 Å². The smallest absolute Gasteiger partial charge is 0.387 e. The predicted octanol–water partition coefficient (Wildman–Crippen LogP) is 3.12. The summed E-state index contributed by atoms with van der Waals surface area (Å²) >= 11 is 0. The van der Waals surface area contributed by atoms with Crippen molar-refractivity contribution in [1.82, 2.24) is 9.78 Å². The lowest BCUT2D eigenvalue weighted by atomic mass is 10.2. The molecule has 0 spiro atoms. The van der Waals surface area contributed by atoms with Crippen LogP contribution in [0, 0.1) is 0 Å². The van der Waals surface area contributed by atoms with E-state index >= 15 is 0 Å². The van der Waals surface area contributed by atoms with Gasteiger partial charge in [0, 0.05) is 19.3 Å². The second-order valence-electron chi connectivity index (χ2n) is 3.96. The Morgan fingerprint density at radius 1 is 1.32 bits per heavy atom. The lowest BCUT2D eigenvalue weighted by molar-refractivity contribution is -0.0498. The highest BCUT2D eigenvalue weighted by Crippen LogP contribution is 2.16. The van der Waals surface area contributed by atoms with Crippen LogP contribution in [0.25, 0.3) is 0 Å². The number of aromatic nitrogens is 2. The maximum absolute atomic E-state index is 12.0. The number of nitrogens with zero attached hydrogens (tertiary/aromatic N) is 2. The van der Waals surface area contributed by atoms with E-state index in [1.165, 1.54) is 12.1 Å². The number of hydrogen-bond donors (Lipinski definition) is 1. The summed E-state index contributed by atoms with van der Waals surface area (Å²) in [5, 5.41) is 7.35. The number of ether oxygens (including phenoxy) is 1. The molecule has 0 unspecified atom stereocenters. The largest absolute Gasteiger partial charge is 0.435 e. The van der Waals surface area contributed by atoms with Gasteiger partial charge >= 0.3 is 6.61 Å². The Labute approximate surface area is 110 Å². The first-order chi connectivity index (χ1) is 9.17. The average molecular weight is 267 g/mol. The second kappa shape index (κ2) is 6.17. The lowest BCUT2D eigenvalue weighted by Gasteiger charge is -2.06. The zero-order valence-electron chi connectivity index (χ0n) is 10.5. The molecule has 0 aliphatic heterocycles. The Kier molecular flexibility index (Phi) is 4.33. The van der Waals surface area contributed by atoms with Crippen molar-refractivity contribution in [3.8, 4) is 5.75 Å². The van der Waals surface area contributed by atoms with E-state index in [0.717, 1.165) is 17.8 Å². The fraction of sp³-hybridized carbons (Fsp3) is 0.308. The molecule has 19 heavy (non-hydrogen) atoms. The van der Waals surface area contributed by atoms with E-state index in [2.05, 4.69) is 15.2 Å². The van der Waals surface area contributed by atoms with Gasteiger partial charge in [0.2, 0.25) is 0 Å². The molecule has 1 N–H and O–H groups in total. The molecule has 0 saturated heterocycles. The standard InChI is InChI=1S/C13H15F2N3O/c1-2-18-9-11(8-17-18)16-7-10-3-5-12(6-4-10)19-13(14)15/h3-6,8-9,13,16H,2,7H2,1H3. The molecule has 0 aliphatic carbocycles. The minimum Gasteiger partial charge on any atom is -0.435 e. The van der Waals surface area contributed by atoms with E-state index < -0.39 is 6.61 Å². The van der Waals surface area contributed by atoms with Gasteiger partial charge in [0.15, 0.2) is 0 Å². The van der Waals surface area contributed by atoms with E-state index in [9.17, 15) is 8.78 Å². The Hall–Kier alpha value is -2.11. The maximum atomic E-state index is 12.0. The molecule has 0 aliphatic rings. The zero-order chi connectivity index (χ0) is 13.7. The van der Waals surface area contributed by atoms with Crippen molar-refractivity contribution in [2.45, 2.75) is 26.6 Å². The van der Waals surface area contributed by atoms with E-state index in [4.69, 9.17) is 0 Å². The fourth-order valence-electron chi connectivity index (χ4n) is 1.62. The summed E-state index contributed by atoms with van der Waals surface area (Å²) in [7, 11) is 0. The highest BCUT2D eigenvalue weighted by atomic mass is 19.3. The number of rotatable bonds is 6. The number of alkyl halides is 2. The van der Waals surface area contributed by atoms with Crippen molar-refractivity contribution in [1.29, 1.82) is 0 Å². The molecule has 2 aromatic rings. The van der Waals surface area contributed by atoms with Crippen molar-refractivity contribution in [3.63, 3.8) is 0 Å². The van der Waals surface area contributed by atoms with Gasteiger partial charge in [-0.3, -0.25) is 4.68 Å². The molecule has 102 valence electrons. The number of hydrogen-bond acceptors (Lipinski definition) is 3. The summed E-state index contributed by atoms with van der Waals surface area (Å²) in [5.74, 6) is 0.164. The van der Waals surface area contributed by atoms with Crippen LogP contribution in [0.5, 0.6) is 5.75 Å². The fourth-order valence-corrected chi connectivity index (χ4v) is 1.62. The Bertz CT molecular complexity index is 511. The summed E-state index contributed by atoms with van der Waals surface area (Å²) in [6, 6.07) is 6.54. The lowest BCUT2D eigenvalue weighted by Crippen LogP contribution is -2.02. The van der Waals surface area contributed by atoms with E-state index in [1.807, 2.05) is 17.8 Å². The van der Waals surface area contributed by atoms with Crippen LogP contribution in [0.3, 0.4) is 0 Å². The molecule has 0 saturated carbocycles. The first-order valence-electron chi connectivity index (χ1n) is 5.97. The van der Waals surface area contributed by atoms with Gasteiger partial charge in [0.05, 0.1) is 11.9 Å². The SMILES string of the molecule is CCn1cc(NCc2ccc(OC(F)F)cc2)cn1. The first kappa shape index (κ1) is 13.3. The minimum absolute atomic E-state index is 0.164.